The third-order valence-electron chi connectivity index (χ3n) is 1.86. The summed E-state index contributed by atoms with van der Waals surface area (Å²) in [5, 5.41) is 14.5. The van der Waals surface area contributed by atoms with E-state index in [1.165, 1.54) is 7.11 Å². The molecule has 90 valence electrons. The Hall–Kier alpha value is -0.810. The van der Waals surface area contributed by atoms with Crippen molar-refractivity contribution in [3.8, 4) is 0 Å². The minimum Gasteiger partial charge on any atom is -0.389 e. The number of ether oxygens (including phenoxy) is 1. The number of carbonyl (C=O) groups excluding carboxylic acids is 1. The van der Waals surface area contributed by atoms with Gasteiger partial charge in [-0.05, 0) is 12.3 Å². The first kappa shape index (κ1) is 14.2. The Morgan fingerprint density at radius 2 is 2.07 bits per heavy atom. The molecular formula is C10H22N2O3. The van der Waals surface area contributed by atoms with Gasteiger partial charge in [0.15, 0.2) is 0 Å². The first-order valence-corrected chi connectivity index (χ1v) is 5.25. The van der Waals surface area contributed by atoms with Crippen LogP contribution < -0.4 is 10.6 Å². The molecular weight excluding hydrogens is 196 g/mol. The van der Waals surface area contributed by atoms with Crippen LogP contribution in [0.2, 0.25) is 0 Å². The molecule has 0 aromatic rings. The summed E-state index contributed by atoms with van der Waals surface area (Å²) in [6.45, 7) is 5.29. The fraction of sp³-hybridized carbons (Fsp3) is 0.900. The predicted molar refractivity (Wildman–Crippen MR) is 58.7 cm³/mol. The lowest BCUT2D eigenvalue weighted by Crippen LogP contribution is -2.41. The summed E-state index contributed by atoms with van der Waals surface area (Å²) in [6.07, 6.45) is 0.305. The third-order valence-corrected chi connectivity index (χ3v) is 1.86. The second-order valence-electron chi connectivity index (χ2n) is 3.93. The van der Waals surface area contributed by atoms with Gasteiger partial charge < -0.3 is 20.5 Å². The van der Waals surface area contributed by atoms with Crippen molar-refractivity contribution < 1.29 is 14.6 Å². The standard InChI is InChI=1S/C10H22N2O3/c1-8(2)4-5-11-10(14)12-6-9(13)7-15-3/h8-9,13H,4-7H2,1-3H3,(H2,11,12,14). The minimum absolute atomic E-state index is 0.210. The summed E-state index contributed by atoms with van der Waals surface area (Å²) >= 11 is 0. The summed E-state index contributed by atoms with van der Waals surface area (Å²) in [4.78, 5) is 11.2. The SMILES string of the molecule is COCC(O)CNC(=O)NCCC(C)C. The first-order valence-electron chi connectivity index (χ1n) is 5.25. The molecule has 0 saturated heterocycles. The van der Waals surface area contributed by atoms with Crippen molar-refractivity contribution in [2.45, 2.75) is 26.4 Å². The predicted octanol–water partition coefficient (Wildman–Crippen LogP) is 0.339. The van der Waals surface area contributed by atoms with Crippen molar-refractivity contribution in [2.24, 2.45) is 5.92 Å². The quantitative estimate of drug-likeness (QED) is 0.577. The van der Waals surface area contributed by atoms with E-state index >= 15 is 0 Å². The highest BCUT2D eigenvalue weighted by Gasteiger charge is 2.05. The Morgan fingerprint density at radius 1 is 1.40 bits per heavy atom. The van der Waals surface area contributed by atoms with Crippen LogP contribution >= 0.6 is 0 Å². The van der Waals surface area contributed by atoms with E-state index in [0.29, 0.717) is 12.5 Å². The number of amides is 2. The molecule has 0 aliphatic carbocycles. The molecule has 1 unspecified atom stereocenters. The van der Waals surface area contributed by atoms with Crippen molar-refractivity contribution in [1.82, 2.24) is 10.6 Å². The van der Waals surface area contributed by atoms with Crippen molar-refractivity contribution in [3.05, 3.63) is 0 Å². The van der Waals surface area contributed by atoms with Gasteiger partial charge in [-0.2, -0.15) is 0 Å². The lowest BCUT2D eigenvalue weighted by molar-refractivity contribution is 0.0660. The normalized spacial score (nSPS) is 12.6. The van der Waals surface area contributed by atoms with Crippen molar-refractivity contribution >= 4 is 6.03 Å². The lowest BCUT2D eigenvalue weighted by atomic mass is 10.1. The summed E-state index contributed by atoms with van der Waals surface area (Å²) < 4.78 is 4.73. The van der Waals surface area contributed by atoms with Crippen LogP contribution in [-0.4, -0.2) is 44.0 Å². The molecule has 0 spiro atoms. The van der Waals surface area contributed by atoms with E-state index in [4.69, 9.17) is 4.74 Å². The van der Waals surface area contributed by atoms with E-state index in [1.54, 1.807) is 0 Å². The number of urea groups is 1. The van der Waals surface area contributed by atoms with Gasteiger partial charge in [-0.25, -0.2) is 4.79 Å². The molecule has 0 rings (SSSR count). The van der Waals surface area contributed by atoms with Crippen LogP contribution in [0.15, 0.2) is 0 Å². The van der Waals surface area contributed by atoms with E-state index in [0.717, 1.165) is 6.42 Å². The Morgan fingerprint density at radius 3 is 2.60 bits per heavy atom. The van der Waals surface area contributed by atoms with Gasteiger partial charge in [-0.3, -0.25) is 0 Å². The highest BCUT2D eigenvalue weighted by molar-refractivity contribution is 5.73. The van der Waals surface area contributed by atoms with Crippen LogP contribution in [0.1, 0.15) is 20.3 Å². The van der Waals surface area contributed by atoms with Crippen LogP contribution in [0.25, 0.3) is 0 Å². The van der Waals surface area contributed by atoms with Crippen molar-refractivity contribution in [2.75, 3.05) is 26.8 Å². The van der Waals surface area contributed by atoms with Gasteiger partial charge in [-0.1, -0.05) is 13.8 Å². The molecule has 0 aliphatic heterocycles. The zero-order valence-electron chi connectivity index (χ0n) is 9.75. The molecule has 0 radical (unpaired) electrons. The average molecular weight is 218 g/mol. The Balaban J connectivity index is 3.40. The molecule has 0 aromatic carbocycles. The maximum Gasteiger partial charge on any atom is 0.314 e. The Kier molecular flexibility index (Phi) is 8.04. The maximum absolute atomic E-state index is 11.2. The summed E-state index contributed by atoms with van der Waals surface area (Å²) in [5.41, 5.74) is 0. The topological polar surface area (TPSA) is 70.6 Å². The molecule has 3 N–H and O–H groups in total. The zero-order valence-corrected chi connectivity index (χ0v) is 9.75. The van der Waals surface area contributed by atoms with Gasteiger partial charge in [0.25, 0.3) is 0 Å². The van der Waals surface area contributed by atoms with E-state index in [1.807, 2.05) is 0 Å². The van der Waals surface area contributed by atoms with Crippen molar-refractivity contribution in [1.29, 1.82) is 0 Å². The van der Waals surface area contributed by atoms with Gasteiger partial charge in [0, 0.05) is 20.2 Å². The van der Waals surface area contributed by atoms with Crippen LogP contribution in [0.4, 0.5) is 4.79 Å². The van der Waals surface area contributed by atoms with Crippen LogP contribution in [0.3, 0.4) is 0 Å². The summed E-state index contributed by atoms with van der Waals surface area (Å²) in [5.74, 6) is 0.574. The third kappa shape index (κ3) is 9.49. The summed E-state index contributed by atoms with van der Waals surface area (Å²) in [7, 11) is 1.51. The van der Waals surface area contributed by atoms with Crippen LogP contribution in [0.5, 0.6) is 0 Å². The number of hydrogen-bond donors (Lipinski definition) is 3. The fourth-order valence-electron chi connectivity index (χ4n) is 0.999. The Bertz CT molecular complexity index is 174. The van der Waals surface area contributed by atoms with Crippen LogP contribution in [-0.2, 0) is 4.74 Å². The van der Waals surface area contributed by atoms with E-state index in [-0.39, 0.29) is 19.2 Å². The molecule has 0 bridgehead atoms. The molecule has 0 aromatic heterocycles. The molecule has 15 heavy (non-hydrogen) atoms. The van der Waals surface area contributed by atoms with E-state index < -0.39 is 6.10 Å². The molecule has 2 amide bonds. The maximum atomic E-state index is 11.2. The number of methoxy groups -OCH3 is 1. The lowest BCUT2D eigenvalue weighted by Gasteiger charge is -2.12. The minimum atomic E-state index is -0.647. The van der Waals surface area contributed by atoms with Gasteiger partial charge in [0.2, 0.25) is 0 Å². The second kappa shape index (κ2) is 8.49. The number of nitrogens with one attached hydrogen (secondary N) is 2. The van der Waals surface area contributed by atoms with Gasteiger partial charge in [0.05, 0.1) is 12.7 Å². The fourth-order valence-corrected chi connectivity index (χ4v) is 0.999. The first-order chi connectivity index (χ1) is 7.06. The molecule has 0 heterocycles. The summed E-state index contributed by atoms with van der Waals surface area (Å²) in [6, 6.07) is -0.245. The number of aliphatic hydroxyl groups is 1. The zero-order chi connectivity index (χ0) is 11.7. The molecule has 1 atom stereocenters. The molecule has 0 fully saturated rings. The van der Waals surface area contributed by atoms with E-state index in [2.05, 4.69) is 24.5 Å². The number of carbonyl (C=O) groups is 1. The Labute approximate surface area is 91.2 Å². The number of aliphatic hydroxyl groups excluding tert-OH is 1. The molecule has 0 saturated carbocycles. The van der Waals surface area contributed by atoms with Crippen molar-refractivity contribution in [3.63, 3.8) is 0 Å². The molecule has 5 nitrogen and oxygen atoms in total. The number of rotatable bonds is 7. The smallest absolute Gasteiger partial charge is 0.314 e. The molecule has 5 heteroatoms. The van der Waals surface area contributed by atoms with Gasteiger partial charge >= 0.3 is 6.03 Å². The van der Waals surface area contributed by atoms with Crippen LogP contribution in [0, 0.1) is 5.92 Å². The van der Waals surface area contributed by atoms with E-state index in [9.17, 15) is 9.90 Å². The highest BCUT2D eigenvalue weighted by atomic mass is 16.5. The second-order valence-corrected chi connectivity index (χ2v) is 3.93. The number of hydrogen-bond acceptors (Lipinski definition) is 3. The highest BCUT2D eigenvalue weighted by Crippen LogP contribution is 1.95. The average Bonchev–Trinajstić information content (AvgIpc) is 2.14. The largest absolute Gasteiger partial charge is 0.389 e. The monoisotopic (exact) mass is 218 g/mol. The van der Waals surface area contributed by atoms with Gasteiger partial charge in [0.1, 0.15) is 0 Å². The molecule has 0 aliphatic rings. The van der Waals surface area contributed by atoms with Gasteiger partial charge in [-0.15, -0.1) is 0 Å².